The van der Waals surface area contributed by atoms with E-state index in [-0.39, 0.29) is 5.91 Å². The zero-order valence-electron chi connectivity index (χ0n) is 16.2. The molecule has 0 saturated carbocycles. The van der Waals surface area contributed by atoms with Gasteiger partial charge in [-0.2, -0.15) is 5.10 Å². The lowest BCUT2D eigenvalue weighted by Crippen LogP contribution is -2.12. The third-order valence-corrected chi connectivity index (χ3v) is 4.38. The maximum absolute atomic E-state index is 12.8. The smallest absolute Gasteiger partial charge is 0.259 e. The van der Waals surface area contributed by atoms with Gasteiger partial charge >= 0.3 is 0 Å². The molecule has 2 aromatic carbocycles. The Balaban J connectivity index is 1.53. The summed E-state index contributed by atoms with van der Waals surface area (Å²) < 4.78 is 5.18. The van der Waals surface area contributed by atoms with Crippen LogP contribution in [0, 0.1) is 11.8 Å². The van der Waals surface area contributed by atoms with Crippen LogP contribution in [0.5, 0.6) is 5.75 Å². The number of aromatic nitrogens is 3. The number of carbonyl (C=O) groups is 1. The van der Waals surface area contributed by atoms with Crippen molar-refractivity contribution in [3.8, 4) is 28.8 Å². The van der Waals surface area contributed by atoms with Crippen molar-refractivity contribution in [2.45, 2.75) is 0 Å². The summed E-state index contributed by atoms with van der Waals surface area (Å²) in [5.41, 5.74) is 4.05. The Labute approximate surface area is 174 Å². The van der Waals surface area contributed by atoms with Crippen molar-refractivity contribution < 1.29 is 9.53 Å². The molecule has 30 heavy (non-hydrogen) atoms. The number of nitrogens with one attached hydrogen (secondary N) is 2. The number of benzene rings is 2. The highest BCUT2D eigenvalue weighted by molar-refractivity contribution is 6.08. The molecule has 0 bridgehead atoms. The number of aromatic amines is 1. The summed E-state index contributed by atoms with van der Waals surface area (Å²) in [6.45, 7) is 0. The molecule has 2 N–H and O–H groups in total. The number of hydrogen-bond acceptors (Lipinski definition) is 4. The first-order valence-corrected chi connectivity index (χ1v) is 9.25. The minimum Gasteiger partial charge on any atom is -0.497 e. The van der Waals surface area contributed by atoms with Crippen LogP contribution in [0.4, 0.5) is 5.69 Å². The van der Waals surface area contributed by atoms with E-state index in [1.165, 1.54) is 6.20 Å². The summed E-state index contributed by atoms with van der Waals surface area (Å²) in [5, 5.41) is 9.84. The first kappa shape index (κ1) is 19.0. The summed E-state index contributed by atoms with van der Waals surface area (Å²) in [5.74, 6) is 6.56. The molecule has 0 radical (unpaired) electrons. The van der Waals surface area contributed by atoms with Crippen LogP contribution in [-0.2, 0) is 0 Å². The summed E-state index contributed by atoms with van der Waals surface area (Å²) in [4.78, 5) is 17.0. The molecule has 0 atom stereocenters. The molecule has 0 unspecified atom stereocenters. The summed E-state index contributed by atoms with van der Waals surface area (Å²) >= 11 is 0. The van der Waals surface area contributed by atoms with Crippen LogP contribution in [0.25, 0.3) is 11.3 Å². The van der Waals surface area contributed by atoms with Crippen molar-refractivity contribution in [3.63, 3.8) is 0 Å². The number of hydrogen-bond donors (Lipinski definition) is 2. The number of methoxy groups -OCH3 is 1. The van der Waals surface area contributed by atoms with Gasteiger partial charge in [-0.3, -0.25) is 9.89 Å². The Morgan fingerprint density at radius 3 is 2.67 bits per heavy atom. The van der Waals surface area contributed by atoms with Crippen molar-refractivity contribution in [1.82, 2.24) is 15.2 Å². The third-order valence-electron chi connectivity index (χ3n) is 4.38. The average Bonchev–Trinajstić information content (AvgIpc) is 3.29. The second kappa shape index (κ2) is 8.76. The van der Waals surface area contributed by atoms with Crippen LogP contribution >= 0.6 is 0 Å². The van der Waals surface area contributed by atoms with Crippen LogP contribution in [0.15, 0.2) is 79.1 Å². The normalized spacial score (nSPS) is 10.0. The van der Waals surface area contributed by atoms with Gasteiger partial charge in [0.2, 0.25) is 0 Å². The molecule has 0 aliphatic carbocycles. The second-order valence-corrected chi connectivity index (χ2v) is 6.39. The molecule has 4 aromatic rings. The lowest BCUT2D eigenvalue weighted by atomic mass is 10.1. The fraction of sp³-hybridized carbons (Fsp3) is 0.0417. The predicted molar refractivity (Wildman–Crippen MR) is 115 cm³/mol. The largest absolute Gasteiger partial charge is 0.497 e. The van der Waals surface area contributed by atoms with E-state index >= 15 is 0 Å². The summed E-state index contributed by atoms with van der Waals surface area (Å²) in [6, 6.07) is 20.4. The summed E-state index contributed by atoms with van der Waals surface area (Å²) in [7, 11) is 1.61. The zero-order chi connectivity index (χ0) is 20.8. The third kappa shape index (κ3) is 4.37. The van der Waals surface area contributed by atoms with Crippen LogP contribution in [-0.4, -0.2) is 28.2 Å². The molecule has 1 amide bonds. The number of nitrogens with zero attached hydrogens (tertiary/aromatic N) is 2. The topological polar surface area (TPSA) is 79.9 Å². The van der Waals surface area contributed by atoms with Crippen LogP contribution < -0.4 is 10.1 Å². The molecule has 2 heterocycles. The van der Waals surface area contributed by atoms with E-state index in [4.69, 9.17) is 4.74 Å². The van der Waals surface area contributed by atoms with E-state index in [1.807, 2.05) is 66.7 Å². The molecular formula is C24H18N4O2. The SMILES string of the molecule is COc1ccc(-c2[nH]ncc2C(=O)Nc2cccc(C#Cc3ccccn3)c2)cc1. The van der Waals surface area contributed by atoms with E-state index in [9.17, 15) is 4.79 Å². The van der Waals surface area contributed by atoms with Crippen LogP contribution in [0.1, 0.15) is 21.6 Å². The van der Waals surface area contributed by atoms with E-state index < -0.39 is 0 Å². The number of anilines is 1. The maximum atomic E-state index is 12.8. The first-order valence-electron chi connectivity index (χ1n) is 9.25. The predicted octanol–water partition coefficient (Wildman–Crippen LogP) is 4.13. The number of rotatable bonds is 4. The molecule has 4 rings (SSSR count). The van der Waals surface area contributed by atoms with Gasteiger partial charge in [-0.1, -0.05) is 18.1 Å². The molecule has 0 aliphatic rings. The van der Waals surface area contributed by atoms with Gasteiger partial charge in [0.05, 0.1) is 24.6 Å². The zero-order valence-corrected chi connectivity index (χ0v) is 16.2. The molecule has 2 aromatic heterocycles. The lowest BCUT2D eigenvalue weighted by molar-refractivity contribution is 0.102. The summed E-state index contributed by atoms with van der Waals surface area (Å²) in [6.07, 6.45) is 3.21. The van der Waals surface area contributed by atoms with Gasteiger partial charge in [-0.25, -0.2) is 4.98 Å². The Hall–Kier alpha value is -4.37. The number of ether oxygens (including phenoxy) is 1. The van der Waals surface area contributed by atoms with Crippen molar-refractivity contribution in [2.24, 2.45) is 0 Å². The van der Waals surface area contributed by atoms with Gasteiger partial charge in [0.15, 0.2) is 0 Å². The van der Waals surface area contributed by atoms with Crippen molar-refractivity contribution in [1.29, 1.82) is 0 Å². The highest BCUT2D eigenvalue weighted by Crippen LogP contribution is 2.24. The Morgan fingerprint density at radius 1 is 1.03 bits per heavy atom. The van der Waals surface area contributed by atoms with E-state index in [0.29, 0.717) is 22.6 Å². The minimum atomic E-state index is -0.260. The van der Waals surface area contributed by atoms with Gasteiger partial charge in [0.1, 0.15) is 11.4 Å². The molecular weight excluding hydrogens is 376 g/mol. The van der Waals surface area contributed by atoms with Crippen molar-refractivity contribution in [3.05, 3.63) is 95.9 Å². The molecule has 6 heteroatoms. The van der Waals surface area contributed by atoms with Gasteiger partial charge < -0.3 is 10.1 Å². The standard InChI is InChI=1S/C24H18N4O2/c1-30-21-12-9-18(10-13-21)23-22(16-26-28-23)24(29)27-20-7-4-5-17(15-20)8-11-19-6-2-3-14-25-19/h2-7,9-10,12-16H,1H3,(H,26,28)(H,27,29). The second-order valence-electron chi connectivity index (χ2n) is 6.39. The number of H-pyrrole nitrogens is 1. The molecule has 0 aliphatic heterocycles. The van der Waals surface area contributed by atoms with E-state index in [1.54, 1.807) is 13.3 Å². The fourth-order valence-corrected chi connectivity index (χ4v) is 2.88. The Morgan fingerprint density at radius 2 is 1.90 bits per heavy atom. The molecule has 0 fully saturated rings. The van der Waals surface area contributed by atoms with E-state index in [2.05, 4.69) is 32.3 Å². The number of carbonyl (C=O) groups excluding carboxylic acids is 1. The monoisotopic (exact) mass is 394 g/mol. The minimum absolute atomic E-state index is 0.260. The maximum Gasteiger partial charge on any atom is 0.259 e. The Kier molecular flexibility index (Phi) is 5.54. The fourth-order valence-electron chi connectivity index (χ4n) is 2.88. The average molecular weight is 394 g/mol. The lowest BCUT2D eigenvalue weighted by Gasteiger charge is -2.07. The number of pyridine rings is 1. The van der Waals surface area contributed by atoms with Gasteiger partial charge in [0, 0.05) is 23.0 Å². The molecule has 146 valence electrons. The van der Waals surface area contributed by atoms with Crippen LogP contribution in [0.3, 0.4) is 0 Å². The van der Waals surface area contributed by atoms with Crippen molar-refractivity contribution >= 4 is 11.6 Å². The van der Waals surface area contributed by atoms with Gasteiger partial charge in [-0.05, 0) is 60.5 Å². The van der Waals surface area contributed by atoms with E-state index in [0.717, 1.165) is 16.9 Å². The van der Waals surface area contributed by atoms with Gasteiger partial charge in [0.25, 0.3) is 5.91 Å². The highest BCUT2D eigenvalue weighted by atomic mass is 16.5. The molecule has 0 saturated heterocycles. The Bertz CT molecular complexity index is 1220. The van der Waals surface area contributed by atoms with Crippen molar-refractivity contribution in [2.75, 3.05) is 12.4 Å². The highest BCUT2D eigenvalue weighted by Gasteiger charge is 2.15. The van der Waals surface area contributed by atoms with Gasteiger partial charge in [-0.15, -0.1) is 0 Å². The molecule has 6 nitrogen and oxygen atoms in total. The number of amides is 1. The first-order chi connectivity index (χ1) is 14.7. The molecule has 0 spiro atoms. The van der Waals surface area contributed by atoms with Crippen LogP contribution in [0.2, 0.25) is 0 Å². The quantitative estimate of drug-likeness (QED) is 0.510.